The Morgan fingerprint density at radius 3 is 2.47 bits per heavy atom. The summed E-state index contributed by atoms with van der Waals surface area (Å²) in [4.78, 5) is 23.6. The first-order valence-corrected chi connectivity index (χ1v) is 12.5. The number of carbonyl (C=O) groups is 1. The van der Waals surface area contributed by atoms with E-state index in [0.717, 1.165) is 61.3 Å². The maximum absolute atomic E-state index is 12.0. The predicted octanol–water partition coefficient (Wildman–Crippen LogP) is 4.49. The molecule has 2 aliphatic carbocycles. The lowest BCUT2D eigenvalue weighted by Gasteiger charge is -2.58. The van der Waals surface area contributed by atoms with E-state index >= 15 is 0 Å². The van der Waals surface area contributed by atoms with E-state index in [0.29, 0.717) is 11.5 Å². The van der Waals surface area contributed by atoms with Gasteiger partial charge in [-0.3, -0.25) is 0 Å². The Morgan fingerprint density at radius 2 is 1.79 bits per heavy atom. The summed E-state index contributed by atoms with van der Waals surface area (Å²) in [5.41, 5.74) is 1.99. The van der Waals surface area contributed by atoms with E-state index in [1.165, 1.54) is 0 Å². The lowest BCUT2D eigenvalue weighted by atomic mass is 9.52. The average molecular weight is 468 g/mol. The molecular formula is C26H37N5O3. The molecule has 0 bridgehead atoms. The van der Waals surface area contributed by atoms with Crippen LogP contribution < -0.4 is 15.5 Å². The minimum atomic E-state index is -0.455. The van der Waals surface area contributed by atoms with Gasteiger partial charge in [0.05, 0.1) is 17.7 Å². The number of ether oxygens (including phenoxy) is 2. The summed E-state index contributed by atoms with van der Waals surface area (Å²) in [7, 11) is 0. The number of nitrogens with zero attached hydrogens (tertiary/aromatic N) is 3. The first kappa shape index (κ1) is 23.1. The van der Waals surface area contributed by atoms with E-state index in [4.69, 9.17) is 14.5 Å². The van der Waals surface area contributed by atoms with Gasteiger partial charge in [-0.2, -0.15) is 0 Å². The fraction of sp³-hybridized carbons (Fsp3) is 0.654. The van der Waals surface area contributed by atoms with Crippen LogP contribution >= 0.6 is 0 Å². The number of fused-ring (bicyclic) bond motifs is 1. The highest BCUT2D eigenvalue weighted by atomic mass is 16.6. The predicted molar refractivity (Wildman–Crippen MR) is 133 cm³/mol. The van der Waals surface area contributed by atoms with Gasteiger partial charge >= 0.3 is 6.09 Å². The molecule has 1 aromatic carbocycles. The van der Waals surface area contributed by atoms with Crippen LogP contribution in [-0.4, -0.2) is 59.0 Å². The summed E-state index contributed by atoms with van der Waals surface area (Å²) in [6.45, 7) is 11.5. The zero-order valence-electron chi connectivity index (χ0n) is 20.9. The second-order valence-corrected chi connectivity index (χ2v) is 11.6. The molecule has 2 N–H and O–H groups in total. The van der Waals surface area contributed by atoms with Crippen molar-refractivity contribution in [2.45, 2.75) is 90.2 Å². The topological polar surface area (TPSA) is 88.6 Å². The molecule has 0 radical (unpaired) electrons. The molecule has 1 aromatic heterocycles. The molecule has 2 aromatic rings. The Hall–Kier alpha value is -2.61. The van der Waals surface area contributed by atoms with Crippen LogP contribution in [0.25, 0.3) is 10.9 Å². The Kier molecular flexibility index (Phi) is 5.82. The summed E-state index contributed by atoms with van der Waals surface area (Å²) in [6.07, 6.45) is 6.34. The summed E-state index contributed by atoms with van der Waals surface area (Å²) in [6, 6.07) is 7.04. The van der Waals surface area contributed by atoms with Crippen LogP contribution in [0.4, 0.5) is 16.4 Å². The minimum absolute atomic E-state index is 0.180. The summed E-state index contributed by atoms with van der Waals surface area (Å²) in [5.74, 6) is 0.774. The molecule has 8 nitrogen and oxygen atoms in total. The first-order chi connectivity index (χ1) is 16.1. The van der Waals surface area contributed by atoms with E-state index in [2.05, 4.69) is 52.6 Å². The summed E-state index contributed by atoms with van der Waals surface area (Å²) < 4.78 is 11.2. The number of alkyl carbamates (subject to hydrolysis) is 1. The van der Waals surface area contributed by atoms with Gasteiger partial charge in [-0.15, -0.1) is 0 Å². The molecular weight excluding hydrogens is 430 g/mol. The van der Waals surface area contributed by atoms with Gasteiger partial charge in [0.25, 0.3) is 0 Å². The number of nitrogens with one attached hydrogen (secondary N) is 2. The van der Waals surface area contributed by atoms with E-state index in [1.807, 2.05) is 27.0 Å². The van der Waals surface area contributed by atoms with Gasteiger partial charge in [0.15, 0.2) is 0 Å². The highest BCUT2D eigenvalue weighted by molar-refractivity contribution is 5.82. The van der Waals surface area contributed by atoms with E-state index in [-0.39, 0.29) is 24.3 Å². The van der Waals surface area contributed by atoms with E-state index < -0.39 is 5.60 Å². The Morgan fingerprint density at radius 1 is 1.12 bits per heavy atom. The normalized spacial score (nSPS) is 31.0. The quantitative estimate of drug-likeness (QED) is 0.685. The molecule has 5 rings (SSSR count). The maximum Gasteiger partial charge on any atom is 0.407 e. The number of morpholine rings is 1. The van der Waals surface area contributed by atoms with Gasteiger partial charge in [-0.1, -0.05) is 0 Å². The Bertz CT molecular complexity index is 1040. The van der Waals surface area contributed by atoms with E-state index in [1.54, 1.807) is 0 Å². The van der Waals surface area contributed by atoms with Crippen LogP contribution in [0.15, 0.2) is 24.4 Å². The largest absolute Gasteiger partial charge is 0.444 e. The lowest BCUT2D eigenvalue weighted by molar-refractivity contribution is -0.0178. The molecule has 8 heteroatoms. The fourth-order valence-electron chi connectivity index (χ4n) is 5.83. The van der Waals surface area contributed by atoms with Gasteiger partial charge in [0.2, 0.25) is 5.95 Å². The number of amides is 1. The van der Waals surface area contributed by atoms with Crippen molar-refractivity contribution < 1.29 is 14.3 Å². The molecule has 1 aliphatic heterocycles. The van der Waals surface area contributed by atoms with Crippen molar-refractivity contribution in [3.05, 3.63) is 24.4 Å². The van der Waals surface area contributed by atoms with Crippen LogP contribution in [0.1, 0.15) is 60.3 Å². The SMILES string of the molecule is CC1CN(c2ncc3cc(NC4CC5(CC(NC(=O)OC(C)(C)C)C5)C4)ccc3n2)CC(C)O1. The third kappa shape index (κ3) is 5.06. The van der Waals surface area contributed by atoms with E-state index in [9.17, 15) is 4.79 Å². The number of hydrogen-bond acceptors (Lipinski definition) is 7. The number of aromatic nitrogens is 2. The van der Waals surface area contributed by atoms with Gasteiger partial charge < -0.3 is 25.0 Å². The summed E-state index contributed by atoms with van der Waals surface area (Å²) >= 11 is 0. The average Bonchev–Trinajstić information content (AvgIpc) is 2.68. The van der Waals surface area contributed by atoms with Crippen LogP contribution in [0.3, 0.4) is 0 Å². The second-order valence-electron chi connectivity index (χ2n) is 11.6. The third-order valence-electron chi connectivity index (χ3n) is 7.08. The van der Waals surface area contributed by atoms with Crippen LogP contribution in [0, 0.1) is 5.41 Å². The van der Waals surface area contributed by atoms with Gasteiger partial charge in [0.1, 0.15) is 5.60 Å². The lowest BCUT2D eigenvalue weighted by Crippen LogP contribution is -2.59. The molecule has 2 atom stereocenters. The van der Waals surface area contributed by atoms with Crippen molar-refractivity contribution in [1.82, 2.24) is 15.3 Å². The van der Waals surface area contributed by atoms with Crippen molar-refractivity contribution in [2.75, 3.05) is 23.3 Å². The van der Waals surface area contributed by atoms with Crippen LogP contribution in [-0.2, 0) is 9.47 Å². The fourth-order valence-corrected chi connectivity index (χ4v) is 5.83. The minimum Gasteiger partial charge on any atom is -0.444 e. The molecule has 1 saturated heterocycles. The number of rotatable bonds is 4. The zero-order valence-corrected chi connectivity index (χ0v) is 20.9. The third-order valence-corrected chi connectivity index (χ3v) is 7.08. The maximum atomic E-state index is 12.0. The molecule has 1 spiro atoms. The number of carbonyl (C=O) groups excluding carboxylic acids is 1. The standard InChI is InChI=1S/C26H37N5O3/c1-16-14-31(15-17(2)33-16)23-27-13-18-8-19(6-7-22(18)30-23)28-20-9-26(10-20)11-21(12-26)29-24(32)34-25(3,4)5/h6-8,13,16-17,20-21,28H,9-12,14-15H2,1-5H3,(H,29,32). The van der Waals surface area contributed by atoms with Crippen molar-refractivity contribution in [1.29, 1.82) is 0 Å². The number of hydrogen-bond donors (Lipinski definition) is 2. The van der Waals surface area contributed by atoms with Crippen molar-refractivity contribution >= 4 is 28.6 Å². The molecule has 1 amide bonds. The van der Waals surface area contributed by atoms with Gasteiger partial charge in [-0.25, -0.2) is 14.8 Å². The molecule has 2 saturated carbocycles. The zero-order chi connectivity index (χ0) is 24.1. The Labute approximate surface area is 201 Å². The van der Waals surface area contributed by atoms with Crippen LogP contribution in [0.2, 0.25) is 0 Å². The molecule has 34 heavy (non-hydrogen) atoms. The molecule has 2 heterocycles. The van der Waals surface area contributed by atoms with Crippen molar-refractivity contribution in [2.24, 2.45) is 5.41 Å². The molecule has 2 unspecified atom stereocenters. The Balaban J connectivity index is 1.12. The number of benzene rings is 1. The monoisotopic (exact) mass is 467 g/mol. The smallest absolute Gasteiger partial charge is 0.407 e. The molecule has 3 fully saturated rings. The highest BCUT2D eigenvalue weighted by Gasteiger charge is 2.53. The van der Waals surface area contributed by atoms with Crippen molar-refractivity contribution in [3.8, 4) is 0 Å². The van der Waals surface area contributed by atoms with Crippen molar-refractivity contribution in [3.63, 3.8) is 0 Å². The van der Waals surface area contributed by atoms with Gasteiger partial charge in [-0.05, 0) is 83.9 Å². The first-order valence-electron chi connectivity index (χ1n) is 12.5. The molecule has 3 aliphatic rings. The molecule has 184 valence electrons. The van der Waals surface area contributed by atoms with Crippen LogP contribution in [0.5, 0.6) is 0 Å². The van der Waals surface area contributed by atoms with Gasteiger partial charge in [0, 0.05) is 42.4 Å². The highest BCUT2D eigenvalue weighted by Crippen LogP contribution is 2.56. The number of anilines is 2. The second kappa shape index (κ2) is 8.56. The summed E-state index contributed by atoms with van der Waals surface area (Å²) in [5, 5.41) is 7.73.